The van der Waals surface area contributed by atoms with E-state index in [2.05, 4.69) is 10.6 Å². The zero-order valence-electron chi connectivity index (χ0n) is 15.5. The van der Waals surface area contributed by atoms with E-state index in [1.165, 1.54) is 0 Å². The van der Waals surface area contributed by atoms with Gasteiger partial charge >= 0.3 is 6.03 Å². The summed E-state index contributed by atoms with van der Waals surface area (Å²) in [4.78, 5) is 26.3. The monoisotopic (exact) mass is 357 g/mol. The average Bonchev–Trinajstić information content (AvgIpc) is 3.10. The summed E-state index contributed by atoms with van der Waals surface area (Å²) in [6.07, 6.45) is 2.36. The minimum Gasteiger partial charge on any atom is -0.459 e. The largest absolute Gasteiger partial charge is 0.459 e. The molecule has 1 atom stereocenters. The van der Waals surface area contributed by atoms with Crippen LogP contribution in [0.3, 0.4) is 0 Å². The van der Waals surface area contributed by atoms with Crippen LogP contribution >= 0.6 is 0 Å². The molecule has 1 saturated heterocycles. The van der Waals surface area contributed by atoms with Crippen LogP contribution in [-0.4, -0.2) is 36.5 Å². The van der Waals surface area contributed by atoms with Crippen molar-refractivity contribution in [3.05, 3.63) is 36.1 Å². The maximum Gasteiger partial charge on any atom is 0.317 e. The molecule has 6 heteroatoms. The first-order valence-electron chi connectivity index (χ1n) is 9.40. The van der Waals surface area contributed by atoms with Crippen molar-refractivity contribution in [2.24, 2.45) is 5.92 Å². The number of hydrogen-bond donors (Lipinski definition) is 2. The Bertz CT molecular complexity index is 730. The molecule has 1 aliphatic heterocycles. The van der Waals surface area contributed by atoms with Crippen molar-refractivity contribution in [2.45, 2.75) is 39.2 Å². The van der Waals surface area contributed by atoms with Gasteiger partial charge in [-0.2, -0.15) is 0 Å². The van der Waals surface area contributed by atoms with Crippen molar-refractivity contribution < 1.29 is 14.0 Å². The van der Waals surface area contributed by atoms with Crippen molar-refractivity contribution >= 4 is 22.9 Å². The van der Waals surface area contributed by atoms with Gasteiger partial charge in [0, 0.05) is 30.9 Å². The van der Waals surface area contributed by atoms with Gasteiger partial charge in [0.25, 0.3) is 0 Å². The summed E-state index contributed by atoms with van der Waals surface area (Å²) in [6.45, 7) is 5.87. The molecule has 1 fully saturated rings. The molecule has 0 spiro atoms. The van der Waals surface area contributed by atoms with Gasteiger partial charge in [0.1, 0.15) is 11.3 Å². The lowest BCUT2D eigenvalue weighted by atomic mass is 9.96. The van der Waals surface area contributed by atoms with E-state index in [1.807, 2.05) is 44.2 Å². The molecule has 0 bridgehead atoms. The van der Waals surface area contributed by atoms with Crippen molar-refractivity contribution in [3.8, 4) is 0 Å². The number of carbonyl (C=O) groups excluding carboxylic acids is 2. The fourth-order valence-electron chi connectivity index (χ4n) is 3.30. The summed E-state index contributed by atoms with van der Waals surface area (Å²) < 4.78 is 5.82. The topological polar surface area (TPSA) is 74.6 Å². The number of fused-ring (bicyclic) bond motifs is 1. The van der Waals surface area contributed by atoms with Crippen LogP contribution in [0.25, 0.3) is 11.0 Å². The first-order chi connectivity index (χ1) is 12.6. The number of para-hydroxylation sites is 1. The molecule has 2 heterocycles. The molecule has 26 heavy (non-hydrogen) atoms. The highest BCUT2D eigenvalue weighted by Crippen LogP contribution is 2.24. The molecule has 0 aliphatic carbocycles. The number of rotatable bonds is 5. The molecule has 3 amide bonds. The normalized spacial score (nSPS) is 16.5. The molecule has 0 saturated carbocycles. The Balaban J connectivity index is 1.51. The number of benzene rings is 1. The summed E-state index contributed by atoms with van der Waals surface area (Å²) in [5.41, 5.74) is 0.822. The molecular weight excluding hydrogens is 330 g/mol. The number of carbonyl (C=O) groups is 2. The average molecular weight is 357 g/mol. The number of furan rings is 1. The highest BCUT2D eigenvalue weighted by molar-refractivity contribution is 5.80. The second-order valence-corrected chi connectivity index (χ2v) is 6.91. The molecule has 1 aliphatic rings. The van der Waals surface area contributed by atoms with E-state index in [1.54, 1.807) is 4.90 Å². The van der Waals surface area contributed by atoms with Crippen molar-refractivity contribution in [1.29, 1.82) is 0 Å². The molecule has 3 rings (SSSR count). The standard InChI is InChI=1S/C20H27N3O3/c1-3-10-21-19(24)15-8-11-23(12-9-15)20(25)22-14(2)18-13-16-6-4-5-7-17(16)26-18/h4-7,13-15H,3,8-12H2,1-2H3,(H,21,24)(H,22,25). The predicted octanol–water partition coefficient (Wildman–Crippen LogP) is 3.44. The smallest absolute Gasteiger partial charge is 0.317 e. The highest BCUT2D eigenvalue weighted by Gasteiger charge is 2.28. The molecule has 1 aromatic carbocycles. The van der Waals surface area contributed by atoms with Gasteiger partial charge in [-0.15, -0.1) is 0 Å². The van der Waals surface area contributed by atoms with Crippen LogP contribution in [0.2, 0.25) is 0 Å². The first-order valence-corrected chi connectivity index (χ1v) is 9.40. The number of urea groups is 1. The van der Waals surface area contributed by atoms with Gasteiger partial charge in [-0.05, 0) is 38.3 Å². The third kappa shape index (κ3) is 4.18. The molecular formula is C20H27N3O3. The third-order valence-corrected chi connectivity index (χ3v) is 4.91. The number of likely N-dealkylation sites (tertiary alicyclic amines) is 1. The van der Waals surface area contributed by atoms with Gasteiger partial charge < -0.3 is 20.0 Å². The van der Waals surface area contributed by atoms with Crippen LogP contribution in [0.4, 0.5) is 4.79 Å². The molecule has 6 nitrogen and oxygen atoms in total. The van der Waals surface area contributed by atoms with Crippen molar-refractivity contribution in [2.75, 3.05) is 19.6 Å². The second kappa shape index (κ2) is 8.25. The lowest BCUT2D eigenvalue weighted by Crippen LogP contribution is -2.47. The van der Waals surface area contributed by atoms with Gasteiger partial charge in [0.2, 0.25) is 5.91 Å². The van der Waals surface area contributed by atoms with E-state index < -0.39 is 0 Å². The molecule has 1 aromatic heterocycles. The minimum atomic E-state index is -0.208. The van der Waals surface area contributed by atoms with Gasteiger partial charge in [-0.25, -0.2) is 4.79 Å². The minimum absolute atomic E-state index is 0.0124. The number of hydrogen-bond acceptors (Lipinski definition) is 3. The zero-order chi connectivity index (χ0) is 18.5. The van der Waals surface area contributed by atoms with E-state index in [-0.39, 0.29) is 23.9 Å². The van der Waals surface area contributed by atoms with Crippen LogP contribution in [0.5, 0.6) is 0 Å². The molecule has 2 N–H and O–H groups in total. The Kier molecular flexibility index (Phi) is 5.81. The quantitative estimate of drug-likeness (QED) is 0.861. The van der Waals surface area contributed by atoms with Gasteiger partial charge in [-0.1, -0.05) is 25.1 Å². The van der Waals surface area contributed by atoms with Crippen LogP contribution in [0, 0.1) is 5.92 Å². The van der Waals surface area contributed by atoms with E-state index in [0.717, 1.165) is 23.2 Å². The van der Waals surface area contributed by atoms with Crippen molar-refractivity contribution in [3.63, 3.8) is 0 Å². The van der Waals surface area contributed by atoms with Crippen LogP contribution in [0.1, 0.15) is 44.9 Å². The Morgan fingerprint density at radius 1 is 1.27 bits per heavy atom. The number of nitrogens with one attached hydrogen (secondary N) is 2. The Labute approximate surface area is 153 Å². The molecule has 2 aromatic rings. The van der Waals surface area contributed by atoms with E-state index in [9.17, 15) is 9.59 Å². The summed E-state index contributed by atoms with van der Waals surface area (Å²) in [5, 5.41) is 6.97. The summed E-state index contributed by atoms with van der Waals surface area (Å²) in [6, 6.07) is 9.45. The SMILES string of the molecule is CCCNC(=O)C1CCN(C(=O)NC(C)c2cc3ccccc3o2)CC1. The maximum atomic E-state index is 12.5. The fraction of sp³-hybridized carbons (Fsp3) is 0.500. The third-order valence-electron chi connectivity index (χ3n) is 4.91. The van der Waals surface area contributed by atoms with Crippen LogP contribution < -0.4 is 10.6 Å². The molecule has 0 radical (unpaired) electrons. The van der Waals surface area contributed by atoms with E-state index in [4.69, 9.17) is 4.42 Å². The Morgan fingerprint density at radius 3 is 2.69 bits per heavy atom. The number of piperidine rings is 1. The first kappa shape index (κ1) is 18.3. The zero-order valence-corrected chi connectivity index (χ0v) is 15.5. The molecule has 1 unspecified atom stereocenters. The van der Waals surface area contributed by atoms with Gasteiger partial charge in [0.05, 0.1) is 6.04 Å². The molecule has 140 valence electrons. The van der Waals surface area contributed by atoms with E-state index in [0.29, 0.717) is 32.5 Å². The second-order valence-electron chi connectivity index (χ2n) is 6.91. The highest BCUT2D eigenvalue weighted by atomic mass is 16.3. The Morgan fingerprint density at radius 2 is 2.00 bits per heavy atom. The number of amides is 3. The van der Waals surface area contributed by atoms with Gasteiger partial charge in [-0.3, -0.25) is 4.79 Å². The number of nitrogens with zero attached hydrogens (tertiary/aromatic N) is 1. The Hall–Kier alpha value is -2.50. The van der Waals surface area contributed by atoms with Crippen LogP contribution in [-0.2, 0) is 4.79 Å². The lowest BCUT2D eigenvalue weighted by Gasteiger charge is -2.32. The summed E-state index contributed by atoms with van der Waals surface area (Å²) in [7, 11) is 0. The predicted molar refractivity (Wildman–Crippen MR) is 101 cm³/mol. The fourth-order valence-corrected chi connectivity index (χ4v) is 3.30. The maximum absolute atomic E-state index is 12.5. The van der Waals surface area contributed by atoms with E-state index >= 15 is 0 Å². The van der Waals surface area contributed by atoms with Crippen LogP contribution in [0.15, 0.2) is 34.7 Å². The summed E-state index contributed by atoms with van der Waals surface area (Å²) >= 11 is 0. The van der Waals surface area contributed by atoms with Crippen molar-refractivity contribution in [1.82, 2.24) is 15.5 Å². The van der Waals surface area contributed by atoms with Gasteiger partial charge in [0.15, 0.2) is 0 Å². The lowest BCUT2D eigenvalue weighted by molar-refractivity contribution is -0.126. The summed E-state index contributed by atoms with van der Waals surface area (Å²) in [5.74, 6) is 0.870.